The van der Waals surface area contributed by atoms with Gasteiger partial charge in [-0.25, -0.2) is 0 Å². The third-order valence-electron chi connectivity index (χ3n) is 3.53. The molecule has 1 atom stereocenters. The van der Waals surface area contributed by atoms with Crippen LogP contribution in [-0.4, -0.2) is 36.7 Å². The monoisotopic (exact) mass is 308 g/mol. The van der Waals surface area contributed by atoms with E-state index < -0.39 is 0 Å². The number of anilines is 1. The van der Waals surface area contributed by atoms with Crippen molar-refractivity contribution in [2.24, 2.45) is 0 Å². The highest BCUT2D eigenvalue weighted by Crippen LogP contribution is 2.16. The molecule has 1 aliphatic heterocycles. The zero-order valence-electron chi connectivity index (χ0n) is 12.3. The maximum Gasteiger partial charge on any atom is 0.230 e. The minimum Gasteiger partial charge on any atom is -0.399 e. The molecule has 116 valence electrons. The number of carbonyl (C=O) groups is 1. The Morgan fingerprint density at radius 2 is 2.14 bits per heavy atom. The molecule has 1 fully saturated rings. The van der Waals surface area contributed by atoms with Gasteiger partial charge in [0, 0.05) is 24.6 Å². The van der Waals surface area contributed by atoms with Gasteiger partial charge in [0.1, 0.15) is 0 Å². The number of hydrogen-bond acceptors (Lipinski definition) is 4. The Morgan fingerprint density at radius 3 is 2.86 bits per heavy atom. The van der Waals surface area contributed by atoms with Crippen LogP contribution in [0.2, 0.25) is 0 Å². The Hall–Kier alpha value is -1.20. The van der Waals surface area contributed by atoms with Crippen molar-refractivity contribution >= 4 is 23.4 Å². The summed E-state index contributed by atoms with van der Waals surface area (Å²) in [7, 11) is 0. The van der Waals surface area contributed by atoms with Crippen LogP contribution in [-0.2, 0) is 16.0 Å². The predicted octanol–water partition coefficient (Wildman–Crippen LogP) is 2.23. The van der Waals surface area contributed by atoms with Crippen molar-refractivity contribution in [3.05, 3.63) is 29.8 Å². The van der Waals surface area contributed by atoms with Crippen molar-refractivity contribution in [1.29, 1.82) is 0 Å². The minimum atomic E-state index is 0.103. The molecule has 1 amide bonds. The molecule has 1 aromatic rings. The Morgan fingerprint density at radius 1 is 1.33 bits per heavy atom. The van der Waals surface area contributed by atoms with E-state index in [9.17, 15) is 4.79 Å². The zero-order chi connectivity index (χ0) is 14.9. The number of nitrogen functional groups attached to an aromatic ring is 1. The van der Waals surface area contributed by atoms with Gasteiger partial charge in [-0.15, -0.1) is 11.8 Å². The molecule has 5 heteroatoms. The van der Waals surface area contributed by atoms with E-state index in [1.54, 1.807) is 11.8 Å². The summed E-state index contributed by atoms with van der Waals surface area (Å²) >= 11 is 1.66. The normalized spacial score (nSPS) is 18.4. The van der Waals surface area contributed by atoms with E-state index in [1.807, 2.05) is 24.3 Å². The van der Waals surface area contributed by atoms with Gasteiger partial charge in [0.15, 0.2) is 0 Å². The molecular formula is C16H24N2O2S. The molecule has 1 aromatic carbocycles. The molecule has 1 heterocycles. The molecule has 0 saturated carbocycles. The van der Waals surface area contributed by atoms with Crippen LogP contribution in [0.5, 0.6) is 0 Å². The third-order valence-corrected chi connectivity index (χ3v) is 4.60. The largest absolute Gasteiger partial charge is 0.399 e. The second-order valence-corrected chi connectivity index (χ2v) is 6.38. The quantitative estimate of drug-likeness (QED) is 0.758. The lowest BCUT2D eigenvalue weighted by Crippen LogP contribution is -2.28. The second kappa shape index (κ2) is 8.95. The van der Waals surface area contributed by atoms with E-state index in [0.29, 0.717) is 18.4 Å². The molecule has 1 saturated heterocycles. The summed E-state index contributed by atoms with van der Waals surface area (Å²) in [5.74, 6) is 1.54. The standard InChI is InChI=1S/C16H24N2O2S/c17-14-6-4-13(5-7-14)8-9-18-16(19)12-21-11-15-3-1-2-10-20-15/h4-7,15H,1-3,8-12,17H2,(H,18,19). The van der Waals surface area contributed by atoms with E-state index in [0.717, 1.165) is 30.9 Å². The minimum absolute atomic E-state index is 0.103. The molecular weight excluding hydrogens is 284 g/mol. The molecule has 1 aliphatic rings. The van der Waals surface area contributed by atoms with Gasteiger partial charge >= 0.3 is 0 Å². The van der Waals surface area contributed by atoms with Crippen LogP contribution >= 0.6 is 11.8 Å². The summed E-state index contributed by atoms with van der Waals surface area (Å²) in [6, 6.07) is 7.77. The Bertz CT molecular complexity index is 430. The van der Waals surface area contributed by atoms with Gasteiger partial charge in [0.05, 0.1) is 11.9 Å². The van der Waals surface area contributed by atoms with E-state index >= 15 is 0 Å². The first-order chi connectivity index (χ1) is 10.2. The molecule has 0 radical (unpaired) electrons. The van der Waals surface area contributed by atoms with Crippen molar-refractivity contribution in [3.63, 3.8) is 0 Å². The molecule has 3 N–H and O–H groups in total. The highest BCUT2D eigenvalue weighted by Gasteiger charge is 2.14. The highest BCUT2D eigenvalue weighted by molar-refractivity contribution is 7.99. The summed E-state index contributed by atoms with van der Waals surface area (Å²) in [4.78, 5) is 11.7. The maximum atomic E-state index is 11.7. The Labute approximate surface area is 130 Å². The van der Waals surface area contributed by atoms with Crippen LogP contribution < -0.4 is 11.1 Å². The molecule has 21 heavy (non-hydrogen) atoms. The lowest BCUT2D eigenvalue weighted by atomic mass is 10.1. The zero-order valence-corrected chi connectivity index (χ0v) is 13.2. The maximum absolute atomic E-state index is 11.7. The van der Waals surface area contributed by atoms with Crippen molar-refractivity contribution in [1.82, 2.24) is 5.32 Å². The average Bonchev–Trinajstić information content (AvgIpc) is 2.50. The van der Waals surface area contributed by atoms with Crippen molar-refractivity contribution in [3.8, 4) is 0 Å². The fraction of sp³-hybridized carbons (Fsp3) is 0.562. The number of nitrogens with one attached hydrogen (secondary N) is 1. The number of hydrogen-bond donors (Lipinski definition) is 2. The number of carbonyl (C=O) groups excluding carboxylic acids is 1. The Kier molecular flexibility index (Phi) is 6.89. The molecule has 0 bridgehead atoms. The van der Waals surface area contributed by atoms with Crippen LogP contribution in [0.4, 0.5) is 5.69 Å². The van der Waals surface area contributed by atoms with E-state index in [2.05, 4.69) is 5.32 Å². The third kappa shape index (κ3) is 6.40. The summed E-state index contributed by atoms with van der Waals surface area (Å²) in [5.41, 5.74) is 7.59. The second-order valence-electron chi connectivity index (χ2n) is 5.35. The number of thioether (sulfide) groups is 1. The topological polar surface area (TPSA) is 64.3 Å². The molecule has 2 rings (SSSR count). The van der Waals surface area contributed by atoms with Gasteiger partial charge in [0.25, 0.3) is 0 Å². The lowest BCUT2D eigenvalue weighted by molar-refractivity contribution is -0.118. The SMILES string of the molecule is Nc1ccc(CCNC(=O)CSCC2CCCCO2)cc1. The first kappa shape index (κ1) is 16.2. The first-order valence-corrected chi connectivity index (χ1v) is 8.70. The van der Waals surface area contributed by atoms with Gasteiger partial charge in [0.2, 0.25) is 5.91 Å². The summed E-state index contributed by atoms with van der Waals surface area (Å²) < 4.78 is 5.65. The van der Waals surface area contributed by atoms with Crippen LogP contribution in [0.1, 0.15) is 24.8 Å². The predicted molar refractivity (Wildman–Crippen MR) is 88.5 cm³/mol. The fourth-order valence-corrected chi connectivity index (χ4v) is 3.23. The van der Waals surface area contributed by atoms with Crippen LogP contribution in [0.15, 0.2) is 24.3 Å². The van der Waals surface area contributed by atoms with Gasteiger partial charge in [-0.1, -0.05) is 12.1 Å². The molecule has 0 aliphatic carbocycles. The molecule has 4 nitrogen and oxygen atoms in total. The van der Waals surface area contributed by atoms with E-state index in [1.165, 1.54) is 18.4 Å². The highest BCUT2D eigenvalue weighted by atomic mass is 32.2. The Balaban J connectivity index is 1.54. The summed E-state index contributed by atoms with van der Waals surface area (Å²) in [5, 5.41) is 2.95. The molecule has 1 unspecified atom stereocenters. The van der Waals surface area contributed by atoms with Gasteiger partial charge in [-0.05, 0) is 43.4 Å². The smallest absolute Gasteiger partial charge is 0.230 e. The molecule has 0 spiro atoms. The number of rotatable bonds is 7. The molecule has 0 aromatic heterocycles. The number of amides is 1. The number of ether oxygens (including phenoxy) is 1. The average molecular weight is 308 g/mol. The first-order valence-electron chi connectivity index (χ1n) is 7.54. The van der Waals surface area contributed by atoms with Crippen LogP contribution in [0.3, 0.4) is 0 Å². The van der Waals surface area contributed by atoms with E-state index in [-0.39, 0.29) is 5.91 Å². The van der Waals surface area contributed by atoms with Crippen LogP contribution in [0.25, 0.3) is 0 Å². The fourth-order valence-electron chi connectivity index (χ4n) is 2.30. The van der Waals surface area contributed by atoms with Crippen molar-refractivity contribution < 1.29 is 9.53 Å². The number of nitrogens with two attached hydrogens (primary N) is 1. The summed E-state index contributed by atoms with van der Waals surface area (Å²) in [6.45, 7) is 1.54. The van der Waals surface area contributed by atoms with Crippen molar-refractivity contribution in [2.75, 3.05) is 30.4 Å². The number of benzene rings is 1. The van der Waals surface area contributed by atoms with Crippen LogP contribution in [0, 0.1) is 0 Å². The lowest BCUT2D eigenvalue weighted by Gasteiger charge is -2.21. The van der Waals surface area contributed by atoms with E-state index in [4.69, 9.17) is 10.5 Å². The van der Waals surface area contributed by atoms with Gasteiger partial charge < -0.3 is 15.8 Å². The summed E-state index contributed by atoms with van der Waals surface area (Å²) in [6.07, 6.45) is 4.73. The van der Waals surface area contributed by atoms with Crippen molar-refractivity contribution in [2.45, 2.75) is 31.8 Å². The van der Waals surface area contributed by atoms with Gasteiger partial charge in [-0.3, -0.25) is 4.79 Å². The van der Waals surface area contributed by atoms with Gasteiger partial charge in [-0.2, -0.15) is 0 Å².